The van der Waals surface area contributed by atoms with Crippen molar-refractivity contribution in [3.63, 3.8) is 0 Å². The number of fused-ring (bicyclic) bond motifs is 5. The number of aromatic hydroxyl groups is 1. The van der Waals surface area contributed by atoms with E-state index in [2.05, 4.69) is 0 Å². The van der Waals surface area contributed by atoms with Crippen LogP contribution in [0.4, 0.5) is 8.78 Å². The number of rotatable bonds is 1. The normalized spacial score (nSPS) is 18.1. The van der Waals surface area contributed by atoms with Gasteiger partial charge in [0.2, 0.25) is 11.2 Å². The van der Waals surface area contributed by atoms with Crippen LogP contribution < -0.4 is 15.2 Å². The molecule has 0 radical (unpaired) electrons. The summed E-state index contributed by atoms with van der Waals surface area (Å²) in [5, 5.41) is 12.2. The van der Waals surface area contributed by atoms with E-state index in [0.29, 0.717) is 24.9 Å². The number of amides is 1. The molecule has 0 fully saturated rings. The summed E-state index contributed by atoms with van der Waals surface area (Å²) in [4.78, 5) is 26.9. The van der Waals surface area contributed by atoms with Gasteiger partial charge >= 0.3 is 0 Å². The van der Waals surface area contributed by atoms with Crippen molar-refractivity contribution in [2.45, 2.75) is 18.9 Å². The average molecular weight is 453 g/mol. The van der Waals surface area contributed by atoms with Crippen LogP contribution in [0.1, 0.15) is 40.5 Å². The van der Waals surface area contributed by atoms with Crippen LogP contribution in [0.2, 0.25) is 0 Å². The lowest BCUT2D eigenvalue weighted by molar-refractivity contribution is 0.0676. The van der Waals surface area contributed by atoms with Crippen LogP contribution in [0, 0.1) is 11.6 Å². The zero-order valence-electron chi connectivity index (χ0n) is 17.6. The van der Waals surface area contributed by atoms with Crippen molar-refractivity contribution in [1.29, 1.82) is 0 Å². The maximum absolute atomic E-state index is 14.9. The Labute approximate surface area is 188 Å². The van der Waals surface area contributed by atoms with Crippen molar-refractivity contribution in [2.75, 3.05) is 24.8 Å². The first kappa shape index (κ1) is 21.0. The maximum atomic E-state index is 14.9. The molecular weight excluding hydrogens is 432 g/mol. The van der Waals surface area contributed by atoms with E-state index in [-0.39, 0.29) is 24.7 Å². The number of ether oxygens (including phenoxy) is 1. The van der Waals surface area contributed by atoms with E-state index in [1.807, 2.05) is 30.3 Å². The van der Waals surface area contributed by atoms with Crippen molar-refractivity contribution >= 4 is 5.91 Å². The molecule has 5 rings (SSSR count). The Kier molecular flexibility index (Phi) is 5.24. The van der Waals surface area contributed by atoms with Crippen LogP contribution >= 0.6 is 0 Å². The summed E-state index contributed by atoms with van der Waals surface area (Å²) in [5.41, 5.74) is 0.249. The lowest BCUT2D eigenvalue weighted by atomic mass is 9.96. The smallest absolute Gasteiger partial charge is 0.277 e. The number of pyridine rings is 1. The molecule has 33 heavy (non-hydrogen) atoms. The quantitative estimate of drug-likeness (QED) is 0.613. The highest BCUT2D eigenvalue weighted by Gasteiger charge is 2.38. The van der Waals surface area contributed by atoms with Gasteiger partial charge in [-0.3, -0.25) is 19.3 Å². The summed E-state index contributed by atoms with van der Waals surface area (Å²) in [6.07, 6.45) is 2.45. The molecule has 1 N–H and O–H groups in total. The Morgan fingerprint density at radius 1 is 1.00 bits per heavy atom. The molecule has 170 valence electrons. The Morgan fingerprint density at radius 3 is 2.58 bits per heavy atom. The second kappa shape index (κ2) is 8.23. The van der Waals surface area contributed by atoms with E-state index < -0.39 is 34.8 Å². The Hall–Kier alpha value is -3.88. The molecule has 2 aliphatic heterocycles. The highest BCUT2D eigenvalue weighted by molar-refractivity contribution is 5.96. The summed E-state index contributed by atoms with van der Waals surface area (Å²) in [6, 6.07) is 12.1. The second-order valence-corrected chi connectivity index (χ2v) is 8.02. The molecule has 0 spiro atoms. The number of nitrogens with zero attached hydrogens (tertiary/aromatic N) is 3. The third kappa shape index (κ3) is 3.49. The summed E-state index contributed by atoms with van der Waals surface area (Å²) in [6.45, 7) is 0.592. The SMILES string of the molecule is O=C1c2c(O)c(=O)ccn2N2CN1CCCCOc1c(ccc(F)c1F)[C@H]2c1ccccc1. The number of hydrogen-bond donors (Lipinski definition) is 1. The maximum Gasteiger partial charge on any atom is 0.277 e. The molecule has 9 heteroatoms. The van der Waals surface area contributed by atoms with Gasteiger partial charge in [-0.05, 0) is 30.5 Å². The van der Waals surface area contributed by atoms with Crippen molar-refractivity contribution in [1.82, 2.24) is 9.58 Å². The molecule has 3 aromatic rings. The van der Waals surface area contributed by atoms with Gasteiger partial charge in [-0.25, -0.2) is 4.39 Å². The molecule has 0 saturated heterocycles. The van der Waals surface area contributed by atoms with Crippen LogP contribution in [0.25, 0.3) is 0 Å². The van der Waals surface area contributed by atoms with Crippen LogP contribution in [-0.2, 0) is 0 Å². The van der Waals surface area contributed by atoms with Crippen LogP contribution in [0.3, 0.4) is 0 Å². The number of aromatic nitrogens is 1. The molecule has 7 nitrogen and oxygen atoms in total. The standard InChI is InChI=1S/C24H21F2N3O4/c25-17-9-8-16-20(15-6-2-1-3-7-15)29-14-27(11-4-5-13-33-23(16)19(17)26)24(32)21-22(31)18(30)10-12-28(21)29/h1-3,6-10,12,20,31H,4-5,11,13-14H2/t20-/m1/s1. The monoisotopic (exact) mass is 453 g/mol. The van der Waals surface area contributed by atoms with Gasteiger partial charge in [-0.2, -0.15) is 4.39 Å². The van der Waals surface area contributed by atoms with Crippen LogP contribution in [0.15, 0.2) is 59.5 Å². The number of halogens is 2. The van der Waals surface area contributed by atoms with Gasteiger partial charge in [0, 0.05) is 24.4 Å². The Bertz CT molecular complexity index is 1280. The summed E-state index contributed by atoms with van der Waals surface area (Å²) in [5.74, 6) is -3.42. The third-order valence-corrected chi connectivity index (χ3v) is 5.99. The first-order valence-corrected chi connectivity index (χ1v) is 10.6. The third-order valence-electron chi connectivity index (χ3n) is 5.99. The predicted molar refractivity (Wildman–Crippen MR) is 116 cm³/mol. The fourth-order valence-corrected chi connectivity index (χ4v) is 4.40. The van der Waals surface area contributed by atoms with Gasteiger partial charge in [-0.15, -0.1) is 0 Å². The number of benzene rings is 2. The first-order chi connectivity index (χ1) is 16.0. The molecule has 1 amide bonds. The number of carbonyl (C=O) groups excluding carboxylic acids is 1. The van der Waals surface area contributed by atoms with E-state index in [1.54, 1.807) is 5.01 Å². The van der Waals surface area contributed by atoms with E-state index in [0.717, 1.165) is 17.7 Å². The van der Waals surface area contributed by atoms with Gasteiger partial charge < -0.3 is 14.7 Å². The van der Waals surface area contributed by atoms with Gasteiger partial charge in [0.05, 0.1) is 6.61 Å². The molecule has 3 heterocycles. The summed E-state index contributed by atoms with van der Waals surface area (Å²) >= 11 is 0. The number of carbonyl (C=O) groups is 1. The fraction of sp³-hybridized carbons (Fsp3) is 0.250. The molecular formula is C24H21F2N3O4. The minimum absolute atomic E-state index is 0.103. The van der Waals surface area contributed by atoms with Crippen molar-refractivity contribution < 1.29 is 23.4 Å². The van der Waals surface area contributed by atoms with E-state index in [4.69, 9.17) is 4.74 Å². The van der Waals surface area contributed by atoms with Gasteiger partial charge in [0.25, 0.3) is 5.91 Å². The van der Waals surface area contributed by atoms with Crippen molar-refractivity contribution in [3.05, 3.63) is 93.4 Å². The van der Waals surface area contributed by atoms with E-state index in [9.17, 15) is 23.5 Å². The highest BCUT2D eigenvalue weighted by atomic mass is 19.2. The van der Waals surface area contributed by atoms with Gasteiger partial charge in [0.1, 0.15) is 12.7 Å². The topological polar surface area (TPSA) is 75.0 Å². The molecule has 0 saturated carbocycles. The van der Waals surface area contributed by atoms with E-state index >= 15 is 0 Å². The molecule has 2 bridgehead atoms. The minimum Gasteiger partial charge on any atom is -0.502 e. The lowest BCUT2D eigenvalue weighted by Crippen LogP contribution is -2.55. The number of hydrogen-bond acceptors (Lipinski definition) is 5. The van der Waals surface area contributed by atoms with Crippen LogP contribution in [0.5, 0.6) is 11.5 Å². The molecule has 0 unspecified atom stereocenters. The lowest BCUT2D eigenvalue weighted by Gasteiger charge is -2.44. The molecule has 0 aliphatic carbocycles. The first-order valence-electron chi connectivity index (χ1n) is 10.6. The zero-order valence-corrected chi connectivity index (χ0v) is 17.6. The van der Waals surface area contributed by atoms with Gasteiger partial charge in [0.15, 0.2) is 23.0 Å². The van der Waals surface area contributed by atoms with Crippen molar-refractivity contribution in [3.8, 4) is 11.5 Å². The Balaban J connectivity index is 1.81. The largest absolute Gasteiger partial charge is 0.502 e. The Morgan fingerprint density at radius 2 is 1.79 bits per heavy atom. The predicted octanol–water partition coefficient (Wildman–Crippen LogP) is 3.15. The molecule has 1 atom stereocenters. The van der Waals surface area contributed by atoms with Crippen LogP contribution in [-0.4, -0.2) is 40.4 Å². The summed E-state index contributed by atoms with van der Waals surface area (Å²) < 4.78 is 36.3. The molecule has 2 aromatic carbocycles. The zero-order chi connectivity index (χ0) is 23.1. The summed E-state index contributed by atoms with van der Waals surface area (Å²) in [7, 11) is 0. The van der Waals surface area contributed by atoms with Crippen molar-refractivity contribution in [2.24, 2.45) is 0 Å². The highest BCUT2D eigenvalue weighted by Crippen LogP contribution is 2.39. The van der Waals surface area contributed by atoms with Gasteiger partial charge in [-0.1, -0.05) is 30.3 Å². The fourth-order valence-electron chi connectivity index (χ4n) is 4.40. The average Bonchev–Trinajstić information content (AvgIpc) is 2.85. The molecule has 1 aromatic heterocycles. The van der Waals surface area contributed by atoms with E-state index in [1.165, 1.54) is 21.8 Å². The molecule has 2 aliphatic rings. The second-order valence-electron chi connectivity index (χ2n) is 8.02. The minimum atomic E-state index is -1.08.